The molecule has 0 aliphatic carbocycles. The van der Waals surface area contributed by atoms with Crippen LogP contribution in [0.2, 0.25) is 0 Å². The van der Waals surface area contributed by atoms with Crippen LogP contribution in [0.5, 0.6) is 0 Å². The predicted octanol–water partition coefficient (Wildman–Crippen LogP) is 1.29. The van der Waals surface area contributed by atoms with E-state index in [1.807, 2.05) is 0 Å². The van der Waals surface area contributed by atoms with Crippen LogP contribution in [0.15, 0.2) is 30.3 Å². The quantitative estimate of drug-likeness (QED) is 0.336. The summed E-state index contributed by atoms with van der Waals surface area (Å²) in [6, 6.07) is 6.95. The van der Waals surface area contributed by atoms with Crippen molar-refractivity contribution in [1.82, 2.24) is 0 Å². The number of nitrogens with zero attached hydrogens (tertiary/aromatic N) is 3. The van der Waals surface area contributed by atoms with Gasteiger partial charge in [-0.1, -0.05) is 16.9 Å². The third-order valence-corrected chi connectivity index (χ3v) is 2.24. The van der Waals surface area contributed by atoms with Crippen LogP contribution >= 0.6 is 0 Å². The normalized spacial score (nSPS) is 10.4. The van der Waals surface area contributed by atoms with Gasteiger partial charge in [0.15, 0.2) is 0 Å². The summed E-state index contributed by atoms with van der Waals surface area (Å²) in [5, 5.41) is 33.3. The molecular weight excluding hydrogens is 230 g/mol. The van der Waals surface area contributed by atoms with Gasteiger partial charge in [-0.3, -0.25) is 20.2 Å². The first kappa shape index (κ1) is 10.7. The summed E-state index contributed by atoms with van der Waals surface area (Å²) in [7, 11) is 0. The van der Waals surface area contributed by atoms with Crippen LogP contribution in [0.3, 0.4) is 0 Å². The van der Waals surface area contributed by atoms with E-state index in [2.05, 4.69) is 0 Å². The molecule has 0 aliphatic heterocycles. The van der Waals surface area contributed by atoms with E-state index in [9.17, 15) is 25.4 Å². The van der Waals surface area contributed by atoms with Gasteiger partial charge in [-0.15, -0.1) is 0 Å². The first-order valence-corrected chi connectivity index (χ1v) is 4.46. The van der Waals surface area contributed by atoms with E-state index >= 15 is 0 Å². The van der Waals surface area contributed by atoms with Crippen molar-refractivity contribution < 1.29 is 14.6 Å². The monoisotopic (exact) mass is 235 g/mol. The molecule has 0 aliphatic rings. The Morgan fingerprint density at radius 2 is 1.71 bits per heavy atom. The molecule has 1 aromatic heterocycles. The smallest absolute Gasteiger partial charge is 0.591 e. The van der Waals surface area contributed by atoms with Crippen molar-refractivity contribution in [1.29, 1.82) is 0 Å². The number of aromatic nitrogens is 1. The maximum Gasteiger partial charge on any atom is 0.591 e. The van der Waals surface area contributed by atoms with Gasteiger partial charge in [0, 0.05) is 12.1 Å². The van der Waals surface area contributed by atoms with E-state index in [4.69, 9.17) is 0 Å². The third kappa shape index (κ3) is 1.61. The summed E-state index contributed by atoms with van der Waals surface area (Å²) in [6.45, 7) is 0. The number of hydrogen-bond donors (Lipinski definition) is 0. The molecule has 86 valence electrons. The van der Waals surface area contributed by atoms with Crippen molar-refractivity contribution in [3.05, 3.63) is 55.8 Å². The van der Waals surface area contributed by atoms with Crippen molar-refractivity contribution in [2.24, 2.45) is 0 Å². The van der Waals surface area contributed by atoms with Crippen LogP contribution in [0.1, 0.15) is 0 Å². The van der Waals surface area contributed by atoms with Crippen molar-refractivity contribution in [3.8, 4) is 0 Å². The lowest BCUT2D eigenvalue weighted by molar-refractivity contribution is -0.648. The van der Waals surface area contributed by atoms with Crippen molar-refractivity contribution >= 4 is 22.4 Å². The average molecular weight is 235 g/mol. The molecule has 0 saturated carbocycles. The molecule has 1 heterocycles. The fourth-order valence-corrected chi connectivity index (χ4v) is 1.53. The molecule has 0 atom stereocenters. The van der Waals surface area contributed by atoms with Gasteiger partial charge < -0.3 is 5.21 Å². The summed E-state index contributed by atoms with van der Waals surface area (Å²) in [4.78, 5) is 19.3. The lowest BCUT2D eigenvalue weighted by Crippen LogP contribution is -2.31. The topological polar surface area (TPSA) is 113 Å². The summed E-state index contributed by atoms with van der Waals surface area (Å²) in [5.74, 6) is -1.08. The third-order valence-electron chi connectivity index (χ3n) is 2.24. The Balaban J connectivity index is 2.94. The lowest BCUT2D eigenvalue weighted by atomic mass is 10.2. The Kier molecular flexibility index (Phi) is 2.32. The summed E-state index contributed by atoms with van der Waals surface area (Å²) >= 11 is 0. The number of nitro groups is 2. The molecule has 2 rings (SSSR count). The van der Waals surface area contributed by atoms with Gasteiger partial charge in [0.05, 0.1) is 10.3 Å². The Labute approximate surface area is 93.6 Å². The van der Waals surface area contributed by atoms with Crippen molar-refractivity contribution in [2.75, 3.05) is 0 Å². The van der Waals surface area contributed by atoms with Crippen LogP contribution in [-0.4, -0.2) is 9.85 Å². The molecule has 0 bridgehead atoms. The molecule has 0 spiro atoms. The van der Waals surface area contributed by atoms with Gasteiger partial charge in [-0.05, 0) is 6.07 Å². The van der Waals surface area contributed by atoms with E-state index in [-0.39, 0.29) is 15.6 Å². The second-order valence-electron chi connectivity index (χ2n) is 3.22. The number of para-hydroxylation sites is 1. The van der Waals surface area contributed by atoms with Crippen LogP contribution in [0, 0.1) is 25.4 Å². The number of fused-ring (bicyclic) bond motifs is 1. The largest absolute Gasteiger partial charge is 0.613 e. The van der Waals surface area contributed by atoms with Crippen LogP contribution in [-0.2, 0) is 0 Å². The second-order valence-corrected chi connectivity index (χ2v) is 3.22. The molecule has 1 aromatic carbocycles. The SMILES string of the molecule is O=[N+]([O-])c1cc2ccccc2[n+]([O-])c1[N+](=O)[O-]. The molecule has 0 saturated heterocycles. The van der Waals surface area contributed by atoms with Gasteiger partial charge in [0.2, 0.25) is 5.52 Å². The Morgan fingerprint density at radius 3 is 2.29 bits per heavy atom. The molecule has 8 nitrogen and oxygen atoms in total. The predicted molar refractivity (Wildman–Crippen MR) is 56.2 cm³/mol. The van der Waals surface area contributed by atoms with Crippen LogP contribution in [0.25, 0.3) is 10.9 Å². The number of rotatable bonds is 2. The first-order valence-electron chi connectivity index (χ1n) is 4.46. The minimum atomic E-state index is -1.08. The highest BCUT2D eigenvalue weighted by molar-refractivity contribution is 5.79. The minimum absolute atomic E-state index is 0.0183. The fraction of sp³-hybridized carbons (Fsp3) is 0. The van der Waals surface area contributed by atoms with Crippen molar-refractivity contribution in [3.63, 3.8) is 0 Å². The highest BCUT2D eigenvalue weighted by atomic mass is 16.6. The average Bonchev–Trinajstić information content (AvgIpc) is 2.28. The highest BCUT2D eigenvalue weighted by Gasteiger charge is 2.36. The Hall–Kier alpha value is -2.77. The Bertz CT molecular complexity index is 640. The number of benzene rings is 1. The maximum atomic E-state index is 11.7. The van der Waals surface area contributed by atoms with E-state index in [1.54, 1.807) is 6.07 Å². The highest BCUT2D eigenvalue weighted by Crippen LogP contribution is 2.26. The molecular formula is C9H5N3O5. The molecule has 17 heavy (non-hydrogen) atoms. The number of hydrogen-bond acceptors (Lipinski definition) is 5. The van der Waals surface area contributed by atoms with E-state index < -0.39 is 21.4 Å². The van der Waals surface area contributed by atoms with E-state index in [0.717, 1.165) is 6.07 Å². The van der Waals surface area contributed by atoms with E-state index in [0.29, 0.717) is 0 Å². The zero-order valence-electron chi connectivity index (χ0n) is 8.27. The summed E-state index contributed by atoms with van der Waals surface area (Å²) in [6.07, 6.45) is 0. The maximum absolute atomic E-state index is 11.7. The van der Waals surface area contributed by atoms with Crippen molar-refractivity contribution in [2.45, 2.75) is 0 Å². The standard InChI is InChI=1S/C9H5N3O5/c13-10-7-4-2-1-3-6(7)5-8(11(14)15)9(10)12(16)17/h1-5H. The fourth-order valence-electron chi connectivity index (χ4n) is 1.53. The summed E-state index contributed by atoms with van der Waals surface area (Å²) < 4.78 is -0.0343. The first-order chi connectivity index (χ1) is 8.02. The lowest BCUT2D eigenvalue weighted by Gasteiger charge is -2.01. The molecule has 0 fully saturated rings. The van der Waals surface area contributed by atoms with E-state index in [1.165, 1.54) is 18.2 Å². The van der Waals surface area contributed by atoms with Gasteiger partial charge in [0.1, 0.15) is 4.92 Å². The second kappa shape index (κ2) is 3.67. The molecule has 2 aromatic rings. The number of pyridine rings is 1. The van der Waals surface area contributed by atoms with Crippen LogP contribution < -0.4 is 4.73 Å². The van der Waals surface area contributed by atoms with Crippen LogP contribution in [0.4, 0.5) is 11.5 Å². The Morgan fingerprint density at radius 1 is 1.06 bits per heavy atom. The molecule has 8 heteroatoms. The molecule has 0 amide bonds. The molecule has 0 N–H and O–H groups in total. The zero-order chi connectivity index (χ0) is 12.6. The molecule has 0 radical (unpaired) electrons. The van der Waals surface area contributed by atoms with Gasteiger partial charge in [-0.25, -0.2) is 0 Å². The van der Waals surface area contributed by atoms with Gasteiger partial charge in [-0.2, -0.15) is 0 Å². The minimum Gasteiger partial charge on any atom is -0.613 e. The van der Waals surface area contributed by atoms with Gasteiger partial charge in [0.25, 0.3) is 0 Å². The zero-order valence-corrected chi connectivity index (χ0v) is 8.27. The van der Waals surface area contributed by atoms with Gasteiger partial charge >= 0.3 is 11.5 Å². The summed E-state index contributed by atoms with van der Waals surface area (Å²) in [5.41, 5.74) is -0.798. The molecule has 0 unspecified atom stereocenters.